The monoisotopic (exact) mass is 365 g/mol. The van der Waals surface area contributed by atoms with Crippen molar-refractivity contribution in [3.05, 3.63) is 63.1 Å². The van der Waals surface area contributed by atoms with E-state index >= 15 is 0 Å². The Morgan fingerprint density at radius 3 is 2.90 bits per heavy atom. The van der Waals surface area contributed by atoms with Gasteiger partial charge in [-0.3, -0.25) is 0 Å². The molecule has 1 aliphatic rings. The van der Waals surface area contributed by atoms with Crippen molar-refractivity contribution in [2.24, 2.45) is 0 Å². The fraction of sp³-hybridized carbons (Fsp3) is 0.294. The van der Waals surface area contributed by atoms with Crippen molar-refractivity contribution in [2.45, 2.75) is 25.5 Å². The smallest absolute Gasteiger partial charge is 0.123 e. The van der Waals surface area contributed by atoms with Gasteiger partial charge in [0.1, 0.15) is 11.9 Å². The number of halogens is 2. The molecule has 2 nitrogen and oxygen atoms in total. The molecule has 2 unspecified atom stereocenters. The van der Waals surface area contributed by atoms with E-state index in [0.29, 0.717) is 0 Å². The van der Waals surface area contributed by atoms with Crippen molar-refractivity contribution in [3.63, 3.8) is 0 Å². The minimum Gasteiger partial charge on any atom is -0.488 e. The normalized spacial score (nSPS) is 18.1. The molecular formula is C17H17BrClNO. The van der Waals surface area contributed by atoms with Crippen molar-refractivity contribution in [2.75, 3.05) is 6.54 Å². The molecule has 21 heavy (non-hydrogen) atoms. The van der Waals surface area contributed by atoms with Crippen LogP contribution < -0.4 is 10.1 Å². The second kappa shape index (κ2) is 6.39. The minimum atomic E-state index is 0.193. The van der Waals surface area contributed by atoms with E-state index in [4.69, 9.17) is 16.3 Å². The topological polar surface area (TPSA) is 21.3 Å². The summed E-state index contributed by atoms with van der Waals surface area (Å²) in [7, 11) is 0. The Morgan fingerprint density at radius 1 is 1.33 bits per heavy atom. The van der Waals surface area contributed by atoms with Crippen LogP contribution >= 0.6 is 27.5 Å². The Bertz CT molecular complexity index is 621. The molecule has 0 aliphatic carbocycles. The quantitative estimate of drug-likeness (QED) is 0.842. The SMILES string of the molecule is CC(NCC1Cc2ccccc2O1)c1ccc(Br)cc1Cl. The minimum absolute atomic E-state index is 0.193. The molecule has 0 bridgehead atoms. The predicted molar refractivity (Wildman–Crippen MR) is 90.1 cm³/mol. The highest BCUT2D eigenvalue weighted by Gasteiger charge is 2.22. The van der Waals surface area contributed by atoms with Gasteiger partial charge in [-0.05, 0) is 36.2 Å². The Labute approximate surface area is 138 Å². The molecule has 0 radical (unpaired) electrons. The van der Waals surface area contributed by atoms with Crippen molar-refractivity contribution < 1.29 is 4.74 Å². The summed E-state index contributed by atoms with van der Waals surface area (Å²) in [5.41, 5.74) is 2.40. The zero-order valence-electron chi connectivity index (χ0n) is 11.8. The maximum atomic E-state index is 6.29. The van der Waals surface area contributed by atoms with Gasteiger partial charge in [-0.1, -0.05) is 51.8 Å². The van der Waals surface area contributed by atoms with Crippen LogP contribution in [-0.4, -0.2) is 12.6 Å². The Hall–Kier alpha value is -1.03. The maximum absolute atomic E-state index is 6.29. The number of benzene rings is 2. The lowest BCUT2D eigenvalue weighted by atomic mass is 10.1. The molecule has 110 valence electrons. The van der Waals surface area contributed by atoms with Crippen LogP contribution in [0.5, 0.6) is 5.75 Å². The van der Waals surface area contributed by atoms with Gasteiger partial charge in [0, 0.05) is 28.5 Å². The molecule has 0 spiro atoms. The number of para-hydroxylation sites is 1. The summed E-state index contributed by atoms with van der Waals surface area (Å²) in [5.74, 6) is 1.01. The highest BCUT2D eigenvalue weighted by Crippen LogP contribution is 2.29. The van der Waals surface area contributed by atoms with Gasteiger partial charge < -0.3 is 10.1 Å². The van der Waals surface area contributed by atoms with Gasteiger partial charge in [0.15, 0.2) is 0 Å². The maximum Gasteiger partial charge on any atom is 0.123 e. The Kier molecular flexibility index (Phi) is 4.53. The summed E-state index contributed by atoms with van der Waals surface area (Å²) in [5, 5.41) is 4.29. The average Bonchev–Trinajstić information content (AvgIpc) is 2.87. The Balaban J connectivity index is 1.59. The molecule has 1 heterocycles. The number of fused-ring (bicyclic) bond motifs is 1. The third-order valence-electron chi connectivity index (χ3n) is 3.79. The van der Waals surface area contributed by atoms with E-state index in [-0.39, 0.29) is 12.1 Å². The Morgan fingerprint density at radius 2 is 2.14 bits per heavy atom. The van der Waals surface area contributed by atoms with Crippen molar-refractivity contribution >= 4 is 27.5 Å². The summed E-state index contributed by atoms with van der Waals surface area (Å²) >= 11 is 9.72. The van der Waals surface area contributed by atoms with Crippen LogP contribution in [0, 0.1) is 0 Å². The van der Waals surface area contributed by atoms with E-state index in [1.165, 1.54) is 5.56 Å². The third kappa shape index (κ3) is 3.42. The zero-order chi connectivity index (χ0) is 14.8. The predicted octanol–water partition coefficient (Wildman–Crippen LogP) is 4.76. The van der Waals surface area contributed by atoms with Crippen LogP contribution in [0.15, 0.2) is 46.9 Å². The molecule has 1 aliphatic heterocycles. The van der Waals surface area contributed by atoms with Crippen LogP contribution in [0.1, 0.15) is 24.1 Å². The number of rotatable bonds is 4. The van der Waals surface area contributed by atoms with Gasteiger partial charge in [0.2, 0.25) is 0 Å². The summed E-state index contributed by atoms with van der Waals surface area (Å²) in [4.78, 5) is 0. The van der Waals surface area contributed by atoms with Crippen LogP contribution in [0.4, 0.5) is 0 Å². The molecular weight excluding hydrogens is 350 g/mol. The zero-order valence-corrected chi connectivity index (χ0v) is 14.1. The van der Waals surface area contributed by atoms with E-state index in [1.807, 2.05) is 30.3 Å². The lowest BCUT2D eigenvalue weighted by Crippen LogP contribution is -2.32. The van der Waals surface area contributed by atoms with E-state index in [9.17, 15) is 0 Å². The molecule has 0 saturated heterocycles. The molecule has 1 N–H and O–H groups in total. The van der Waals surface area contributed by atoms with Gasteiger partial charge >= 0.3 is 0 Å². The summed E-state index contributed by atoms with van der Waals surface area (Å²) < 4.78 is 6.94. The molecule has 2 aromatic rings. The van der Waals surface area contributed by atoms with E-state index in [0.717, 1.165) is 33.8 Å². The first-order chi connectivity index (χ1) is 10.1. The summed E-state index contributed by atoms with van der Waals surface area (Å²) in [6, 6.07) is 14.4. The molecule has 4 heteroatoms. The average molecular weight is 367 g/mol. The number of hydrogen-bond acceptors (Lipinski definition) is 2. The van der Waals surface area contributed by atoms with Gasteiger partial charge in [-0.15, -0.1) is 0 Å². The first-order valence-electron chi connectivity index (χ1n) is 7.06. The van der Waals surface area contributed by atoms with Crippen LogP contribution in [0.25, 0.3) is 0 Å². The fourth-order valence-corrected chi connectivity index (χ4v) is 3.48. The standard InChI is InChI=1S/C17H17BrClNO/c1-11(15-7-6-13(18)9-16(15)19)20-10-14-8-12-4-2-3-5-17(12)21-14/h2-7,9,11,14,20H,8,10H2,1H3. The molecule has 2 atom stereocenters. The lowest BCUT2D eigenvalue weighted by molar-refractivity contribution is 0.222. The lowest BCUT2D eigenvalue weighted by Gasteiger charge is -2.19. The number of hydrogen-bond donors (Lipinski definition) is 1. The molecule has 0 saturated carbocycles. The highest BCUT2D eigenvalue weighted by molar-refractivity contribution is 9.10. The van der Waals surface area contributed by atoms with Gasteiger partial charge in [-0.2, -0.15) is 0 Å². The van der Waals surface area contributed by atoms with Gasteiger partial charge in [0.05, 0.1) is 0 Å². The van der Waals surface area contributed by atoms with Crippen molar-refractivity contribution in [3.8, 4) is 5.75 Å². The van der Waals surface area contributed by atoms with Gasteiger partial charge in [0.25, 0.3) is 0 Å². The third-order valence-corrected chi connectivity index (χ3v) is 4.62. The van der Waals surface area contributed by atoms with Crippen molar-refractivity contribution in [1.29, 1.82) is 0 Å². The van der Waals surface area contributed by atoms with Crippen LogP contribution in [-0.2, 0) is 6.42 Å². The highest BCUT2D eigenvalue weighted by atomic mass is 79.9. The van der Waals surface area contributed by atoms with E-state index in [2.05, 4.69) is 40.3 Å². The second-order valence-corrected chi connectivity index (χ2v) is 6.67. The first kappa shape index (κ1) is 14.9. The van der Waals surface area contributed by atoms with Crippen molar-refractivity contribution in [1.82, 2.24) is 5.32 Å². The second-order valence-electron chi connectivity index (χ2n) is 5.35. The van der Waals surface area contributed by atoms with Crippen LogP contribution in [0.3, 0.4) is 0 Å². The van der Waals surface area contributed by atoms with Gasteiger partial charge in [-0.25, -0.2) is 0 Å². The number of ether oxygens (including phenoxy) is 1. The number of nitrogens with one attached hydrogen (secondary N) is 1. The summed E-state index contributed by atoms with van der Waals surface area (Å²) in [6.07, 6.45) is 1.16. The molecule has 3 rings (SSSR count). The molecule has 2 aromatic carbocycles. The van der Waals surface area contributed by atoms with E-state index in [1.54, 1.807) is 0 Å². The van der Waals surface area contributed by atoms with E-state index < -0.39 is 0 Å². The molecule has 0 amide bonds. The molecule has 0 aromatic heterocycles. The first-order valence-corrected chi connectivity index (χ1v) is 8.23. The summed E-state index contributed by atoms with van der Waals surface area (Å²) in [6.45, 7) is 2.93. The fourth-order valence-electron chi connectivity index (χ4n) is 2.64. The van der Waals surface area contributed by atoms with Crippen LogP contribution in [0.2, 0.25) is 5.02 Å². The largest absolute Gasteiger partial charge is 0.488 e. The molecule has 0 fully saturated rings.